The van der Waals surface area contributed by atoms with Crippen LogP contribution in [0.3, 0.4) is 0 Å². The molecule has 4 aliphatic carbocycles. The first-order valence-corrected chi connectivity index (χ1v) is 14.6. The number of carbonyl (C=O) groups excluding carboxylic acids is 1. The highest BCUT2D eigenvalue weighted by Gasteiger charge is 2.51. The molecule has 206 valence electrons. The van der Waals surface area contributed by atoms with Crippen LogP contribution in [-0.4, -0.2) is 33.4 Å². The minimum absolute atomic E-state index is 0.110. The zero-order chi connectivity index (χ0) is 27.2. The van der Waals surface area contributed by atoms with E-state index >= 15 is 0 Å². The number of esters is 1. The molecule has 2 aromatic heterocycles. The van der Waals surface area contributed by atoms with Gasteiger partial charge in [0.15, 0.2) is 5.60 Å². The maximum Gasteiger partial charge on any atom is 0.343 e. The molecule has 1 N–H and O–H groups in total. The monoisotopic (exact) mass is 539 g/mol. The van der Waals surface area contributed by atoms with Crippen molar-refractivity contribution in [3.8, 4) is 11.4 Å². The van der Waals surface area contributed by atoms with Crippen LogP contribution in [0.2, 0.25) is 0 Å². The third-order valence-electron chi connectivity index (χ3n) is 10.4. The number of hydrogen-bond donors (Lipinski definition) is 1. The third-order valence-corrected chi connectivity index (χ3v) is 10.4. The fourth-order valence-electron chi connectivity index (χ4n) is 8.94. The Balaban J connectivity index is 1.17. The first-order chi connectivity index (χ1) is 19.4. The summed E-state index contributed by atoms with van der Waals surface area (Å²) in [5.41, 5.74) is 2.59. The lowest BCUT2D eigenvalue weighted by molar-refractivity contribution is -0.172. The second kappa shape index (κ2) is 8.49. The lowest BCUT2D eigenvalue weighted by atomic mass is 9.50. The Morgan fingerprint density at radius 2 is 1.85 bits per heavy atom. The Bertz CT molecular complexity index is 1640. The number of cyclic esters (lactones) is 1. The highest BCUT2D eigenvalue weighted by molar-refractivity contribution is 6.02. The molecule has 0 unspecified atom stereocenters. The van der Waals surface area contributed by atoms with E-state index in [0.717, 1.165) is 39.8 Å². The van der Waals surface area contributed by atoms with E-state index in [0.29, 0.717) is 35.7 Å². The van der Waals surface area contributed by atoms with E-state index in [1.54, 1.807) is 23.8 Å². The number of nitrogens with zero attached hydrogens (tertiary/aromatic N) is 3. The number of para-hydroxylation sites is 1. The second-order valence-electron chi connectivity index (χ2n) is 12.9. The van der Waals surface area contributed by atoms with Crippen molar-refractivity contribution in [2.45, 2.75) is 70.6 Å². The topological polar surface area (TPSA) is 103 Å². The van der Waals surface area contributed by atoms with Gasteiger partial charge in [0.25, 0.3) is 5.56 Å². The van der Waals surface area contributed by atoms with Gasteiger partial charge in [-0.15, -0.1) is 0 Å². The summed E-state index contributed by atoms with van der Waals surface area (Å²) in [4.78, 5) is 37.1. The average Bonchev–Trinajstić information content (AvgIpc) is 3.31. The first kappa shape index (κ1) is 24.3. The van der Waals surface area contributed by atoms with Crippen molar-refractivity contribution in [2.24, 2.45) is 28.3 Å². The van der Waals surface area contributed by atoms with Gasteiger partial charge in [0.1, 0.15) is 13.2 Å². The predicted octanol–water partition coefficient (Wildman–Crippen LogP) is 4.65. The van der Waals surface area contributed by atoms with E-state index in [1.165, 1.54) is 38.5 Å². The van der Waals surface area contributed by atoms with Gasteiger partial charge in [-0.05, 0) is 74.8 Å². The van der Waals surface area contributed by atoms with Gasteiger partial charge in [0.05, 0.1) is 35.2 Å². The van der Waals surface area contributed by atoms with Gasteiger partial charge in [-0.3, -0.25) is 4.79 Å². The van der Waals surface area contributed by atoms with E-state index in [2.05, 4.69) is 5.16 Å². The molecule has 0 spiro atoms. The summed E-state index contributed by atoms with van der Waals surface area (Å²) >= 11 is 0. The maximum atomic E-state index is 13.6. The normalized spacial score (nSPS) is 31.4. The molecule has 6 aliphatic rings. The van der Waals surface area contributed by atoms with Crippen molar-refractivity contribution in [1.29, 1.82) is 0 Å². The molecule has 2 aliphatic heterocycles. The molecular formula is C32H33N3O5. The van der Waals surface area contributed by atoms with Crippen LogP contribution in [0, 0.1) is 23.2 Å². The Morgan fingerprint density at radius 1 is 1.12 bits per heavy atom. The number of benzene rings is 1. The lowest BCUT2D eigenvalue weighted by Crippen LogP contribution is -2.48. The molecular weight excluding hydrogens is 506 g/mol. The van der Waals surface area contributed by atoms with Crippen LogP contribution in [0.1, 0.15) is 74.1 Å². The Kier molecular flexibility index (Phi) is 5.16. The van der Waals surface area contributed by atoms with Crippen LogP contribution in [0.15, 0.2) is 40.3 Å². The highest BCUT2D eigenvalue weighted by Crippen LogP contribution is 2.60. The van der Waals surface area contributed by atoms with E-state index in [4.69, 9.17) is 14.6 Å². The summed E-state index contributed by atoms with van der Waals surface area (Å²) < 4.78 is 6.88. The summed E-state index contributed by atoms with van der Waals surface area (Å²) in [5, 5.41) is 16.6. The number of hydrogen-bond acceptors (Lipinski definition) is 7. The van der Waals surface area contributed by atoms with Crippen LogP contribution in [-0.2, 0) is 33.1 Å². The molecule has 4 heterocycles. The van der Waals surface area contributed by atoms with Crippen molar-refractivity contribution < 1.29 is 19.5 Å². The van der Waals surface area contributed by atoms with Crippen molar-refractivity contribution >= 4 is 23.1 Å². The maximum absolute atomic E-state index is 13.6. The largest absolute Gasteiger partial charge is 0.458 e. The van der Waals surface area contributed by atoms with E-state index in [1.807, 2.05) is 24.3 Å². The number of oxime groups is 1. The molecule has 3 aromatic rings. The third kappa shape index (κ3) is 3.41. The highest BCUT2D eigenvalue weighted by atomic mass is 16.6. The van der Waals surface area contributed by atoms with Crippen molar-refractivity contribution in [3.63, 3.8) is 0 Å². The second-order valence-corrected chi connectivity index (χ2v) is 12.9. The summed E-state index contributed by atoms with van der Waals surface area (Å²) in [6.07, 6.45) is 9.89. The molecule has 4 bridgehead atoms. The SMILES string of the molecule is CC[C@@]1(O)C(=O)OCc2c1cc1n(c2=O)Cc2c-1nc1ccccc1c2/C=N/OCC12CC3CC(CC(C3)C1)C2. The summed E-state index contributed by atoms with van der Waals surface area (Å²) in [6, 6.07) is 9.62. The van der Waals surface area contributed by atoms with Gasteiger partial charge in [-0.2, -0.15) is 0 Å². The molecule has 4 saturated carbocycles. The van der Waals surface area contributed by atoms with E-state index < -0.39 is 11.6 Å². The van der Waals surface area contributed by atoms with Crippen LogP contribution in [0.5, 0.6) is 0 Å². The summed E-state index contributed by atoms with van der Waals surface area (Å²) in [6.45, 7) is 2.55. The number of carbonyl (C=O) groups is 1. The number of rotatable bonds is 5. The van der Waals surface area contributed by atoms with Gasteiger partial charge >= 0.3 is 5.97 Å². The number of pyridine rings is 2. The summed E-state index contributed by atoms with van der Waals surface area (Å²) in [7, 11) is 0. The van der Waals surface area contributed by atoms with Gasteiger partial charge in [-0.25, -0.2) is 9.78 Å². The fraction of sp³-hybridized carbons (Fsp3) is 0.500. The Labute approximate surface area is 232 Å². The van der Waals surface area contributed by atoms with Crippen molar-refractivity contribution in [1.82, 2.24) is 9.55 Å². The molecule has 4 fully saturated rings. The van der Waals surface area contributed by atoms with Crippen LogP contribution < -0.4 is 5.56 Å². The van der Waals surface area contributed by atoms with E-state index in [9.17, 15) is 14.7 Å². The Hall–Kier alpha value is -3.52. The first-order valence-electron chi connectivity index (χ1n) is 14.6. The fourth-order valence-corrected chi connectivity index (χ4v) is 8.94. The van der Waals surface area contributed by atoms with Crippen LogP contribution in [0.25, 0.3) is 22.3 Å². The molecule has 0 saturated heterocycles. The van der Waals surface area contributed by atoms with E-state index in [-0.39, 0.29) is 24.0 Å². The molecule has 40 heavy (non-hydrogen) atoms. The number of fused-ring (bicyclic) bond motifs is 5. The van der Waals surface area contributed by atoms with Gasteiger partial charge < -0.3 is 19.2 Å². The van der Waals surface area contributed by atoms with Crippen molar-refractivity contribution in [2.75, 3.05) is 6.61 Å². The smallest absolute Gasteiger partial charge is 0.343 e. The van der Waals surface area contributed by atoms with Crippen LogP contribution in [0.4, 0.5) is 0 Å². The number of aromatic nitrogens is 2. The quantitative estimate of drug-likeness (QED) is 0.225. The Morgan fingerprint density at radius 3 is 2.58 bits per heavy atom. The molecule has 8 nitrogen and oxygen atoms in total. The zero-order valence-corrected chi connectivity index (χ0v) is 22.7. The molecule has 9 rings (SSSR count). The lowest BCUT2D eigenvalue weighted by Gasteiger charge is -2.56. The zero-order valence-electron chi connectivity index (χ0n) is 22.7. The van der Waals surface area contributed by atoms with Crippen LogP contribution >= 0.6 is 0 Å². The minimum atomic E-state index is -1.85. The number of aliphatic hydroxyl groups is 1. The van der Waals surface area contributed by atoms with Gasteiger partial charge in [0, 0.05) is 27.5 Å². The molecule has 1 atom stereocenters. The van der Waals surface area contributed by atoms with Crippen molar-refractivity contribution in [3.05, 3.63) is 62.9 Å². The summed E-state index contributed by atoms with van der Waals surface area (Å²) in [5.74, 6) is 1.86. The molecule has 0 radical (unpaired) electrons. The van der Waals surface area contributed by atoms with Gasteiger partial charge in [-0.1, -0.05) is 30.3 Å². The minimum Gasteiger partial charge on any atom is -0.458 e. The standard InChI is InChI=1S/C32H33N3O5/c1-2-32(38)25-10-27-28-23(15-35(27)29(36)24(25)16-39-30(32)37)22(21-5-3-4-6-26(21)34-28)14-33-40-17-31-11-18-7-19(12-31)9-20(8-18)13-31/h3-6,10,14,18-20,38H,2,7-9,11-13,15-17H2,1H3/b33-14+/t18?,19?,20?,31?,32-/m0/s1. The molecule has 1 aromatic carbocycles. The number of ether oxygens (including phenoxy) is 1. The van der Waals surface area contributed by atoms with Gasteiger partial charge in [0.2, 0.25) is 0 Å². The predicted molar refractivity (Wildman–Crippen MR) is 149 cm³/mol. The average molecular weight is 540 g/mol. The molecule has 0 amide bonds. The molecule has 8 heteroatoms.